The van der Waals surface area contributed by atoms with Crippen molar-refractivity contribution in [3.05, 3.63) is 60.2 Å². The molecule has 0 amide bonds. The summed E-state index contributed by atoms with van der Waals surface area (Å²) >= 11 is 0. The molecular formula is C14H14N4. The summed E-state index contributed by atoms with van der Waals surface area (Å²) in [5, 5.41) is 6.41. The molecule has 4 nitrogen and oxygen atoms in total. The molecule has 90 valence electrons. The first-order valence-electron chi connectivity index (χ1n) is 5.82. The summed E-state index contributed by atoms with van der Waals surface area (Å²) in [6.07, 6.45) is 7.42. The zero-order valence-electron chi connectivity index (χ0n) is 10.1. The third-order valence-corrected chi connectivity index (χ3v) is 3.12. The van der Waals surface area contributed by atoms with E-state index in [0.717, 1.165) is 21.9 Å². The van der Waals surface area contributed by atoms with Crippen LogP contribution < -0.4 is 5.73 Å². The van der Waals surface area contributed by atoms with Gasteiger partial charge in [0.05, 0.1) is 12.2 Å². The van der Waals surface area contributed by atoms with E-state index in [4.69, 9.17) is 5.73 Å². The lowest BCUT2D eigenvalue weighted by atomic mass is 9.99. The Balaban J connectivity index is 2.14. The Bertz CT molecular complexity index is 682. The summed E-state index contributed by atoms with van der Waals surface area (Å²) in [7, 11) is 1.89. The average molecular weight is 238 g/mol. The van der Waals surface area contributed by atoms with Crippen LogP contribution in [0.15, 0.2) is 49.1 Å². The van der Waals surface area contributed by atoms with E-state index in [1.54, 1.807) is 10.9 Å². The maximum absolute atomic E-state index is 6.30. The Morgan fingerprint density at radius 3 is 2.78 bits per heavy atom. The largest absolute Gasteiger partial charge is 0.320 e. The Labute approximate surface area is 105 Å². The molecule has 0 spiro atoms. The monoisotopic (exact) mass is 238 g/mol. The average Bonchev–Trinajstić information content (AvgIpc) is 2.84. The fourth-order valence-corrected chi connectivity index (χ4v) is 2.17. The molecule has 0 radical (unpaired) electrons. The molecule has 3 aromatic rings. The van der Waals surface area contributed by atoms with Gasteiger partial charge in [0, 0.05) is 36.6 Å². The van der Waals surface area contributed by atoms with E-state index < -0.39 is 0 Å². The van der Waals surface area contributed by atoms with Gasteiger partial charge in [-0.15, -0.1) is 0 Å². The van der Waals surface area contributed by atoms with Crippen molar-refractivity contribution in [3.63, 3.8) is 0 Å². The molecule has 3 rings (SSSR count). The Kier molecular flexibility index (Phi) is 2.57. The molecular weight excluding hydrogens is 224 g/mol. The second-order valence-electron chi connectivity index (χ2n) is 4.37. The highest BCUT2D eigenvalue weighted by Gasteiger charge is 2.13. The maximum atomic E-state index is 6.30. The highest BCUT2D eigenvalue weighted by Crippen LogP contribution is 2.25. The number of aryl methyl sites for hydroxylation is 1. The van der Waals surface area contributed by atoms with E-state index in [0.29, 0.717) is 0 Å². The van der Waals surface area contributed by atoms with E-state index >= 15 is 0 Å². The number of nitrogens with zero attached hydrogens (tertiary/aromatic N) is 3. The molecule has 0 saturated heterocycles. The van der Waals surface area contributed by atoms with E-state index in [2.05, 4.69) is 16.1 Å². The molecule has 1 unspecified atom stereocenters. The van der Waals surface area contributed by atoms with Crippen LogP contribution in [0.3, 0.4) is 0 Å². The van der Waals surface area contributed by atoms with Crippen LogP contribution >= 0.6 is 0 Å². The lowest BCUT2D eigenvalue weighted by Crippen LogP contribution is -2.12. The topological polar surface area (TPSA) is 56.7 Å². The fourth-order valence-electron chi connectivity index (χ4n) is 2.17. The van der Waals surface area contributed by atoms with E-state index in [-0.39, 0.29) is 6.04 Å². The van der Waals surface area contributed by atoms with Crippen molar-refractivity contribution >= 4 is 10.8 Å². The summed E-state index contributed by atoms with van der Waals surface area (Å²) in [5.41, 5.74) is 8.33. The van der Waals surface area contributed by atoms with Crippen LogP contribution in [0.2, 0.25) is 0 Å². The number of hydrogen-bond donors (Lipinski definition) is 1. The summed E-state index contributed by atoms with van der Waals surface area (Å²) in [5.74, 6) is 0. The fraction of sp³-hybridized carbons (Fsp3) is 0.143. The van der Waals surface area contributed by atoms with Crippen LogP contribution in [0.25, 0.3) is 10.8 Å². The van der Waals surface area contributed by atoms with Gasteiger partial charge in [0.1, 0.15) is 0 Å². The molecule has 0 bridgehead atoms. The van der Waals surface area contributed by atoms with Gasteiger partial charge >= 0.3 is 0 Å². The highest BCUT2D eigenvalue weighted by atomic mass is 15.2. The number of fused-ring (bicyclic) bond motifs is 1. The van der Waals surface area contributed by atoms with E-state index in [9.17, 15) is 0 Å². The normalized spacial score (nSPS) is 12.8. The van der Waals surface area contributed by atoms with Gasteiger partial charge in [0.25, 0.3) is 0 Å². The minimum absolute atomic E-state index is 0.197. The molecule has 2 N–H and O–H groups in total. The predicted molar refractivity (Wildman–Crippen MR) is 71.0 cm³/mol. The van der Waals surface area contributed by atoms with Gasteiger partial charge in [0.15, 0.2) is 0 Å². The first kappa shape index (κ1) is 10.9. The molecule has 0 aliphatic rings. The van der Waals surface area contributed by atoms with E-state index in [1.807, 2.05) is 43.8 Å². The van der Waals surface area contributed by atoms with Crippen LogP contribution in [0.4, 0.5) is 0 Å². The van der Waals surface area contributed by atoms with Crippen LogP contribution in [0.5, 0.6) is 0 Å². The predicted octanol–water partition coefficient (Wildman–Crippen LogP) is 2.02. The van der Waals surface area contributed by atoms with Crippen LogP contribution in [0.1, 0.15) is 17.2 Å². The molecule has 18 heavy (non-hydrogen) atoms. The third-order valence-electron chi connectivity index (χ3n) is 3.12. The molecule has 1 atom stereocenters. The molecule has 0 fully saturated rings. The van der Waals surface area contributed by atoms with Crippen molar-refractivity contribution in [1.82, 2.24) is 14.8 Å². The number of nitrogens with two attached hydrogens (primary N) is 1. The molecule has 0 aliphatic heterocycles. The van der Waals surface area contributed by atoms with Gasteiger partial charge in [0.2, 0.25) is 0 Å². The first-order chi connectivity index (χ1) is 8.75. The SMILES string of the molecule is Cn1cc(C(N)c2cncc3ccccc23)cn1. The quantitative estimate of drug-likeness (QED) is 0.743. The van der Waals surface area contributed by atoms with Crippen molar-refractivity contribution in [3.8, 4) is 0 Å². The number of aromatic nitrogens is 3. The molecule has 2 heterocycles. The third kappa shape index (κ3) is 1.76. The van der Waals surface area contributed by atoms with Gasteiger partial charge in [-0.3, -0.25) is 9.67 Å². The molecule has 4 heteroatoms. The van der Waals surface area contributed by atoms with Crippen molar-refractivity contribution in [1.29, 1.82) is 0 Å². The molecule has 1 aromatic carbocycles. The summed E-state index contributed by atoms with van der Waals surface area (Å²) in [4.78, 5) is 4.26. The minimum atomic E-state index is -0.197. The van der Waals surface area contributed by atoms with Crippen LogP contribution in [-0.2, 0) is 7.05 Å². The maximum Gasteiger partial charge on any atom is 0.0604 e. The summed E-state index contributed by atoms with van der Waals surface area (Å²) < 4.78 is 1.76. The number of benzene rings is 1. The van der Waals surface area contributed by atoms with E-state index in [1.165, 1.54) is 0 Å². The lowest BCUT2D eigenvalue weighted by molar-refractivity contribution is 0.765. The minimum Gasteiger partial charge on any atom is -0.320 e. The highest BCUT2D eigenvalue weighted by molar-refractivity contribution is 5.85. The van der Waals surface area contributed by atoms with Gasteiger partial charge in [-0.2, -0.15) is 5.10 Å². The van der Waals surface area contributed by atoms with Gasteiger partial charge in [-0.05, 0) is 10.9 Å². The second kappa shape index (κ2) is 4.23. The smallest absolute Gasteiger partial charge is 0.0604 e. The lowest BCUT2D eigenvalue weighted by Gasteiger charge is -2.12. The zero-order valence-corrected chi connectivity index (χ0v) is 10.1. The molecule has 0 saturated carbocycles. The van der Waals surface area contributed by atoms with Gasteiger partial charge in [-0.25, -0.2) is 0 Å². The second-order valence-corrected chi connectivity index (χ2v) is 4.37. The Morgan fingerprint density at radius 1 is 1.17 bits per heavy atom. The zero-order chi connectivity index (χ0) is 12.5. The van der Waals surface area contributed by atoms with Gasteiger partial charge in [-0.1, -0.05) is 24.3 Å². The van der Waals surface area contributed by atoms with Crippen molar-refractivity contribution < 1.29 is 0 Å². The Morgan fingerprint density at radius 2 is 2.00 bits per heavy atom. The van der Waals surface area contributed by atoms with Crippen LogP contribution in [0, 0.1) is 0 Å². The van der Waals surface area contributed by atoms with Crippen molar-refractivity contribution in [2.75, 3.05) is 0 Å². The van der Waals surface area contributed by atoms with Gasteiger partial charge < -0.3 is 5.73 Å². The van der Waals surface area contributed by atoms with Crippen molar-refractivity contribution in [2.24, 2.45) is 12.8 Å². The standard InChI is InChI=1S/C14H14N4/c1-18-9-11(7-17-18)14(15)13-8-16-6-10-4-2-3-5-12(10)13/h2-9,14H,15H2,1H3. The number of rotatable bonds is 2. The Hall–Kier alpha value is -2.20. The molecule has 0 aliphatic carbocycles. The summed E-state index contributed by atoms with van der Waals surface area (Å²) in [6.45, 7) is 0. The first-order valence-corrected chi connectivity index (χ1v) is 5.82. The number of hydrogen-bond acceptors (Lipinski definition) is 3. The van der Waals surface area contributed by atoms with Crippen molar-refractivity contribution in [2.45, 2.75) is 6.04 Å². The molecule has 2 aromatic heterocycles. The van der Waals surface area contributed by atoms with Crippen LogP contribution in [-0.4, -0.2) is 14.8 Å². The number of pyridine rings is 1. The summed E-state index contributed by atoms with van der Waals surface area (Å²) in [6, 6.07) is 7.94.